The molecule has 0 aliphatic heterocycles. The van der Waals surface area contributed by atoms with Crippen molar-refractivity contribution in [2.75, 3.05) is 6.54 Å². The minimum absolute atomic E-state index is 0.361. The number of aromatic hydroxyl groups is 1. The third-order valence-electron chi connectivity index (χ3n) is 2.93. The molecule has 3 heteroatoms. The van der Waals surface area contributed by atoms with Crippen LogP contribution in [0.3, 0.4) is 0 Å². The van der Waals surface area contributed by atoms with Crippen molar-refractivity contribution >= 4 is 10.9 Å². The van der Waals surface area contributed by atoms with E-state index in [9.17, 15) is 5.11 Å². The van der Waals surface area contributed by atoms with E-state index >= 15 is 0 Å². The largest absolute Gasteiger partial charge is 0.506 e. The molecule has 1 aromatic heterocycles. The molecule has 0 atom stereocenters. The first-order chi connectivity index (χ1) is 7.67. The minimum atomic E-state index is 0.361. The molecule has 3 N–H and O–H groups in total. The fraction of sp³-hybridized carbons (Fsp3) is 0.385. The van der Waals surface area contributed by atoms with Gasteiger partial charge in [-0.25, -0.2) is 0 Å². The SMILES string of the molecule is CCn1cc(CCN)c2cc(C)cc(O)c21. The third kappa shape index (κ3) is 1.67. The van der Waals surface area contributed by atoms with E-state index in [0.717, 1.165) is 29.4 Å². The topological polar surface area (TPSA) is 51.2 Å². The van der Waals surface area contributed by atoms with Crippen molar-refractivity contribution in [3.05, 3.63) is 29.5 Å². The Hall–Kier alpha value is -1.48. The zero-order chi connectivity index (χ0) is 11.7. The number of fused-ring (bicyclic) bond motifs is 1. The van der Waals surface area contributed by atoms with Crippen molar-refractivity contribution < 1.29 is 5.11 Å². The summed E-state index contributed by atoms with van der Waals surface area (Å²) in [6.07, 6.45) is 2.95. The highest BCUT2D eigenvalue weighted by Gasteiger charge is 2.11. The van der Waals surface area contributed by atoms with Gasteiger partial charge in [0.05, 0.1) is 5.52 Å². The van der Waals surface area contributed by atoms with Gasteiger partial charge in [0.1, 0.15) is 5.75 Å². The number of hydrogen-bond acceptors (Lipinski definition) is 2. The Bertz CT molecular complexity index is 514. The lowest BCUT2D eigenvalue weighted by Crippen LogP contribution is -2.02. The van der Waals surface area contributed by atoms with Crippen LogP contribution in [0.4, 0.5) is 0 Å². The molecule has 0 amide bonds. The summed E-state index contributed by atoms with van der Waals surface area (Å²) in [7, 11) is 0. The Labute approximate surface area is 95.5 Å². The number of phenols is 1. The van der Waals surface area contributed by atoms with Crippen LogP contribution in [0.5, 0.6) is 5.75 Å². The highest BCUT2D eigenvalue weighted by molar-refractivity contribution is 5.89. The van der Waals surface area contributed by atoms with Gasteiger partial charge in [-0.3, -0.25) is 0 Å². The zero-order valence-corrected chi connectivity index (χ0v) is 9.83. The lowest BCUT2D eigenvalue weighted by atomic mass is 10.1. The molecule has 0 saturated carbocycles. The minimum Gasteiger partial charge on any atom is -0.506 e. The standard InChI is InChI=1S/C13H18N2O/c1-3-15-8-10(4-5-14)11-6-9(2)7-12(16)13(11)15/h6-8,16H,3-5,14H2,1-2H3. The number of nitrogens with two attached hydrogens (primary N) is 1. The van der Waals surface area contributed by atoms with Gasteiger partial charge in [0.2, 0.25) is 0 Å². The highest BCUT2D eigenvalue weighted by Crippen LogP contribution is 2.30. The van der Waals surface area contributed by atoms with Crippen LogP contribution in [0, 0.1) is 6.92 Å². The lowest BCUT2D eigenvalue weighted by molar-refractivity contribution is 0.477. The second-order valence-corrected chi connectivity index (χ2v) is 4.16. The molecule has 0 radical (unpaired) electrons. The molecule has 86 valence electrons. The van der Waals surface area contributed by atoms with Crippen LogP contribution in [0.25, 0.3) is 10.9 Å². The Morgan fingerprint density at radius 2 is 2.12 bits per heavy atom. The van der Waals surface area contributed by atoms with Crippen molar-refractivity contribution in [3.63, 3.8) is 0 Å². The molecule has 16 heavy (non-hydrogen) atoms. The van der Waals surface area contributed by atoms with Crippen molar-refractivity contribution in [3.8, 4) is 5.75 Å². The number of aryl methyl sites for hydroxylation is 2. The number of hydrogen-bond donors (Lipinski definition) is 2. The van der Waals surface area contributed by atoms with Crippen LogP contribution < -0.4 is 5.73 Å². The summed E-state index contributed by atoms with van der Waals surface area (Å²) in [5.74, 6) is 0.361. The maximum absolute atomic E-state index is 9.99. The predicted octanol–water partition coefficient (Wildman–Crippen LogP) is 2.18. The normalized spacial score (nSPS) is 11.2. The predicted molar refractivity (Wildman–Crippen MR) is 66.8 cm³/mol. The maximum atomic E-state index is 9.99. The van der Waals surface area contributed by atoms with Crippen LogP contribution in [0.2, 0.25) is 0 Å². The highest BCUT2D eigenvalue weighted by atomic mass is 16.3. The number of aromatic nitrogens is 1. The smallest absolute Gasteiger partial charge is 0.140 e. The van der Waals surface area contributed by atoms with E-state index in [2.05, 4.69) is 23.8 Å². The second-order valence-electron chi connectivity index (χ2n) is 4.16. The average Bonchev–Trinajstić information content (AvgIpc) is 2.57. The van der Waals surface area contributed by atoms with Crippen molar-refractivity contribution in [1.82, 2.24) is 4.57 Å². The average molecular weight is 218 g/mol. The monoisotopic (exact) mass is 218 g/mol. The van der Waals surface area contributed by atoms with Crippen LogP contribution in [0.15, 0.2) is 18.3 Å². The Kier molecular flexibility index (Phi) is 2.88. The van der Waals surface area contributed by atoms with E-state index in [-0.39, 0.29) is 0 Å². The molecule has 1 aromatic carbocycles. The Morgan fingerprint density at radius 1 is 1.38 bits per heavy atom. The number of benzene rings is 1. The molecule has 2 aromatic rings. The van der Waals surface area contributed by atoms with E-state index in [0.29, 0.717) is 12.3 Å². The van der Waals surface area contributed by atoms with Crippen LogP contribution in [-0.2, 0) is 13.0 Å². The molecule has 0 aliphatic rings. The van der Waals surface area contributed by atoms with Gasteiger partial charge in [-0.2, -0.15) is 0 Å². The van der Waals surface area contributed by atoms with Crippen molar-refractivity contribution in [2.45, 2.75) is 26.8 Å². The molecule has 0 saturated heterocycles. The molecule has 0 unspecified atom stereocenters. The molecule has 0 fully saturated rings. The molecular formula is C13H18N2O. The summed E-state index contributed by atoms with van der Waals surface area (Å²) in [5, 5.41) is 11.1. The molecule has 2 rings (SSSR count). The van der Waals surface area contributed by atoms with Gasteiger partial charge >= 0.3 is 0 Å². The molecular weight excluding hydrogens is 200 g/mol. The van der Waals surface area contributed by atoms with Gasteiger partial charge in [0.15, 0.2) is 0 Å². The van der Waals surface area contributed by atoms with E-state index in [4.69, 9.17) is 5.73 Å². The van der Waals surface area contributed by atoms with Gasteiger partial charge < -0.3 is 15.4 Å². The third-order valence-corrected chi connectivity index (χ3v) is 2.93. The van der Waals surface area contributed by atoms with Gasteiger partial charge in [0.25, 0.3) is 0 Å². The van der Waals surface area contributed by atoms with E-state index < -0.39 is 0 Å². The van der Waals surface area contributed by atoms with Crippen LogP contribution in [-0.4, -0.2) is 16.2 Å². The molecule has 1 heterocycles. The molecule has 0 bridgehead atoms. The quantitative estimate of drug-likeness (QED) is 0.829. The van der Waals surface area contributed by atoms with Crippen LogP contribution in [0.1, 0.15) is 18.1 Å². The van der Waals surface area contributed by atoms with Gasteiger partial charge in [-0.15, -0.1) is 0 Å². The number of phenolic OH excluding ortho intramolecular Hbond substituents is 1. The first-order valence-corrected chi connectivity index (χ1v) is 5.68. The first-order valence-electron chi connectivity index (χ1n) is 5.68. The summed E-state index contributed by atoms with van der Waals surface area (Å²) < 4.78 is 2.08. The molecule has 0 aliphatic carbocycles. The first kappa shape index (κ1) is 11.0. The summed E-state index contributed by atoms with van der Waals surface area (Å²) in [6.45, 7) is 5.56. The fourth-order valence-electron chi connectivity index (χ4n) is 2.23. The Balaban J connectivity index is 2.74. The van der Waals surface area contributed by atoms with Gasteiger partial charge in [0, 0.05) is 18.1 Å². The fourth-order valence-corrected chi connectivity index (χ4v) is 2.23. The second kappa shape index (κ2) is 4.18. The number of nitrogens with zero attached hydrogens (tertiary/aromatic N) is 1. The lowest BCUT2D eigenvalue weighted by Gasteiger charge is -2.04. The van der Waals surface area contributed by atoms with Crippen molar-refractivity contribution in [2.24, 2.45) is 5.73 Å². The van der Waals surface area contributed by atoms with E-state index in [1.807, 2.05) is 6.92 Å². The van der Waals surface area contributed by atoms with Gasteiger partial charge in [-0.1, -0.05) is 0 Å². The molecule has 0 spiro atoms. The zero-order valence-electron chi connectivity index (χ0n) is 9.83. The summed E-state index contributed by atoms with van der Waals surface area (Å²) in [4.78, 5) is 0. The summed E-state index contributed by atoms with van der Waals surface area (Å²) >= 11 is 0. The van der Waals surface area contributed by atoms with Crippen molar-refractivity contribution in [1.29, 1.82) is 0 Å². The summed E-state index contributed by atoms with van der Waals surface area (Å²) in [5.41, 5.74) is 8.84. The number of rotatable bonds is 3. The van der Waals surface area contributed by atoms with Gasteiger partial charge in [-0.05, 0) is 50.1 Å². The van der Waals surface area contributed by atoms with Crippen LogP contribution >= 0.6 is 0 Å². The maximum Gasteiger partial charge on any atom is 0.140 e. The van der Waals surface area contributed by atoms with E-state index in [1.165, 1.54) is 5.56 Å². The summed E-state index contributed by atoms with van der Waals surface area (Å²) in [6, 6.07) is 3.92. The van der Waals surface area contributed by atoms with E-state index in [1.54, 1.807) is 6.07 Å². The molecule has 3 nitrogen and oxygen atoms in total. The Morgan fingerprint density at radius 3 is 2.75 bits per heavy atom.